The summed E-state index contributed by atoms with van der Waals surface area (Å²) in [6.45, 7) is 2.13. The van der Waals surface area contributed by atoms with Gasteiger partial charge in [-0.1, -0.05) is 22.0 Å². The molecule has 0 fully saturated rings. The van der Waals surface area contributed by atoms with Crippen LogP contribution in [-0.4, -0.2) is 30.0 Å². The molecule has 8 heteroatoms. The van der Waals surface area contributed by atoms with Gasteiger partial charge in [0.15, 0.2) is 0 Å². The van der Waals surface area contributed by atoms with E-state index in [1.807, 2.05) is 31.2 Å². The lowest BCUT2D eigenvalue weighted by Crippen LogP contribution is -2.27. The van der Waals surface area contributed by atoms with Crippen LogP contribution in [0.5, 0.6) is 0 Å². The first-order valence-corrected chi connectivity index (χ1v) is 10.6. The number of fused-ring (bicyclic) bond motifs is 1. The van der Waals surface area contributed by atoms with Crippen molar-refractivity contribution >= 4 is 56.8 Å². The van der Waals surface area contributed by atoms with E-state index in [2.05, 4.69) is 31.9 Å². The van der Waals surface area contributed by atoms with Crippen molar-refractivity contribution in [2.45, 2.75) is 24.7 Å². The van der Waals surface area contributed by atoms with Gasteiger partial charge in [0.05, 0.1) is 5.69 Å². The third-order valence-electron chi connectivity index (χ3n) is 4.21. The van der Waals surface area contributed by atoms with Crippen molar-refractivity contribution in [3.63, 3.8) is 0 Å². The number of amides is 3. The van der Waals surface area contributed by atoms with Gasteiger partial charge in [0.25, 0.3) is 5.91 Å². The fraction of sp³-hybridized carbons (Fsp3) is 0.250. The minimum atomic E-state index is -0.280. The molecule has 3 N–H and O–H groups in total. The number of rotatable bonds is 5. The van der Waals surface area contributed by atoms with E-state index >= 15 is 0 Å². The lowest BCUT2D eigenvalue weighted by Gasteiger charge is -2.11. The monoisotopic (exact) mass is 461 g/mol. The van der Waals surface area contributed by atoms with Crippen LogP contribution in [0.1, 0.15) is 28.8 Å². The Morgan fingerprint density at radius 2 is 2.04 bits per heavy atom. The molecule has 0 atom stereocenters. The van der Waals surface area contributed by atoms with Gasteiger partial charge in [0.2, 0.25) is 11.8 Å². The summed E-state index contributed by atoms with van der Waals surface area (Å²) in [7, 11) is 0. The van der Waals surface area contributed by atoms with E-state index in [-0.39, 0.29) is 30.7 Å². The first kappa shape index (κ1) is 20.4. The Morgan fingerprint density at radius 1 is 1.21 bits per heavy atom. The molecular formula is C20H20BrN3O3S. The van der Waals surface area contributed by atoms with Gasteiger partial charge in [-0.15, -0.1) is 11.8 Å². The van der Waals surface area contributed by atoms with E-state index < -0.39 is 0 Å². The fourth-order valence-corrected chi connectivity index (χ4v) is 3.99. The first-order chi connectivity index (χ1) is 13.4. The Labute approximate surface area is 176 Å². The smallest absolute Gasteiger partial charge is 0.251 e. The summed E-state index contributed by atoms with van der Waals surface area (Å²) in [6.07, 6.45) is 0.614. The zero-order valence-corrected chi connectivity index (χ0v) is 17.7. The van der Waals surface area contributed by atoms with E-state index in [4.69, 9.17) is 0 Å². The molecule has 0 radical (unpaired) electrons. The van der Waals surface area contributed by atoms with E-state index in [0.717, 1.165) is 26.4 Å². The molecule has 0 aliphatic carbocycles. The van der Waals surface area contributed by atoms with E-state index in [9.17, 15) is 14.4 Å². The molecule has 1 aliphatic rings. The minimum absolute atomic E-state index is 0.0525. The van der Waals surface area contributed by atoms with Gasteiger partial charge in [-0.25, -0.2) is 0 Å². The van der Waals surface area contributed by atoms with Crippen molar-refractivity contribution in [2.75, 3.05) is 22.9 Å². The second-order valence-corrected chi connectivity index (χ2v) is 8.42. The summed E-state index contributed by atoms with van der Waals surface area (Å²) in [4.78, 5) is 37.1. The fourth-order valence-electron chi connectivity index (χ4n) is 2.69. The molecule has 0 saturated heterocycles. The van der Waals surface area contributed by atoms with Crippen molar-refractivity contribution in [3.8, 4) is 0 Å². The second-order valence-electron chi connectivity index (χ2n) is 6.37. The highest BCUT2D eigenvalue weighted by Crippen LogP contribution is 2.31. The highest BCUT2D eigenvalue weighted by molar-refractivity contribution is 9.10. The van der Waals surface area contributed by atoms with Gasteiger partial charge < -0.3 is 16.0 Å². The second kappa shape index (κ2) is 9.25. The van der Waals surface area contributed by atoms with Gasteiger partial charge in [0.1, 0.15) is 0 Å². The summed E-state index contributed by atoms with van der Waals surface area (Å²) >= 11 is 4.97. The third-order valence-corrected chi connectivity index (χ3v) is 5.78. The van der Waals surface area contributed by atoms with Crippen LogP contribution in [0.25, 0.3) is 0 Å². The number of carbonyl (C=O) groups excluding carboxylic acids is 3. The van der Waals surface area contributed by atoms with Crippen LogP contribution >= 0.6 is 27.7 Å². The number of thioether (sulfide) groups is 1. The zero-order valence-electron chi connectivity index (χ0n) is 15.3. The quantitative estimate of drug-likeness (QED) is 0.628. The van der Waals surface area contributed by atoms with Gasteiger partial charge in [0, 0.05) is 45.8 Å². The van der Waals surface area contributed by atoms with Crippen LogP contribution in [0.15, 0.2) is 45.8 Å². The van der Waals surface area contributed by atoms with Gasteiger partial charge in [-0.2, -0.15) is 0 Å². The number of hydrogen-bond donors (Lipinski definition) is 3. The van der Waals surface area contributed by atoms with E-state index in [0.29, 0.717) is 17.7 Å². The third kappa shape index (κ3) is 5.36. The molecule has 1 heterocycles. The Morgan fingerprint density at radius 3 is 2.86 bits per heavy atom. The molecule has 146 valence electrons. The van der Waals surface area contributed by atoms with Crippen molar-refractivity contribution in [3.05, 3.63) is 52.0 Å². The largest absolute Gasteiger partial charge is 0.352 e. The Bertz CT molecular complexity index is 933. The maximum atomic E-state index is 12.4. The molecule has 3 amide bonds. The van der Waals surface area contributed by atoms with Gasteiger partial charge in [-0.05, 0) is 42.8 Å². The Balaban J connectivity index is 1.53. The molecule has 2 aromatic carbocycles. The Kier molecular flexibility index (Phi) is 6.74. The predicted molar refractivity (Wildman–Crippen MR) is 115 cm³/mol. The average molecular weight is 462 g/mol. The van der Waals surface area contributed by atoms with Crippen molar-refractivity contribution in [2.24, 2.45) is 0 Å². The van der Waals surface area contributed by atoms with Crippen molar-refractivity contribution < 1.29 is 14.4 Å². The number of hydrogen-bond acceptors (Lipinski definition) is 4. The highest BCUT2D eigenvalue weighted by atomic mass is 79.9. The molecule has 0 aromatic heterocycles. The summed E-state index contributed by atoms with van der Waals surface area (Å²) in [5.74, 6) is 0.213. The molecular weight excluding hydrogens is 442 g/mol. The molecule has 0 spiro atoms. The zero-order chi connectivity index (χ0) is 20.1. The predicted octanol–water partition coefficient (Wildman–Crippen LogP) is 3.95. The summed E-state index contributed by atoms with van der Waals surface area (Å²) in [5, 5.41) is 8.41. The molecule has 0 bridgehead atoms. The molecule has 3 rings (SSSR count). The number of nitrogens with one attached hydrogen (secondary N) is 3. The maximum Gasteiger partial charge on any atom is 0.251 e. The number of benzene rings is 2. The van der Waals surface area contributed by atoms with Crippen LogP contribution in [0.2, 0.25) is 0 Å². The average Bonchev–Trinajstić information content (AvgIpc) is 2.84. The minimum Gasteiger partial charge on any atom is -0.352 e. The van der Waals surface area contributed by atoms with Crippen LogP contribution in [0.3, 0.4) is 0 Å². The van der Waals surface area contributed by atoms with Gasteiger partial charge >= 0.3 is 0 Å². The van der Waals surface area contributed by atoms with Crippen LogP contribution < -0.4 is 16.0 Å². The number of aryl methyl sites for hydroxylation is 1. The highest BCUT2D eigenvalue weighted by Gasteiger charge is 2.16. The Hall–Kier alpha value is -2.32. The van der Waals surface area contributed by atoms with Crippen LogP contribution in [0.4, 0.5) is 11.4 Å². The van der Waals surface area contributed by atoms with Crippen LogP contribution in [0, 0.1) is 6.92 Å². The van der Waals surface area contributed by atoms with E-state index in [1.165, 1.54) is 0 Å². The number of anilines is 2. The molecule has 1 aliphatic heterocycles. The maximum absolute atomic E-state index is 12.4. The van der Waals surface area contributed by atoms with Crippen LogP contribution in [-0.2, 0) is 9.59 Å². The summed E-state index contributed by atoms with van der Waals surface area (Å²) in [6, 6.07) is 10.9. The number of halogens is 1. The molecule has 28 heavy (non-hydrogen) atoms. The lowest BCUT2D eigenvalue weighted by molar-refractivity contribution is -0.116. The standard InChI is InChI=1S/C20H20BrN3O3S/c1-12-2-4-14(21)11-15(12)23-18(25)6-8-22-20(27)13-3-5-17-16(10-13)24-19(26)7-9-28-17/h2-5,10-11H,6-9H2,1H3,(H,22,27)(H,23,25)(H,24,26). The summed E-state index contributed by atoms with van der Waals surface area (Å²) in [5.41, 5.74) is 2.81. The molecule has 6 nitrogen and oxygen atoms in total. The summed E-state index contributed by atoms with van der Waals surface area (Å²) < 4.78 is 0.884. The SMILES string of the molecule is Cc1ccc(Br)cc1NC(=O)CCNC(=O)c1ccc2c(c1)NC(=O)CCS2. The topological polar surface area (TPSA) is 87.3 Å². The van der Waals surface area contributed by atoms with Crippen molar-refractivity contribution in [1.29, 1.82) is 0 Å². The van der Waals surface area contributed by atoms with Gasteiger partial charge in [-0.3, -0.25) is 14.4 Å². The molecule has 2 aromatic rings. The number of carbonyl (C=O) groups is 3. The lowest BCUT2D eigenvalue weighted by atomic mass is 10.1. The molecule has 0 unspecified atom stereocenters. The normalized spacial score (nSPS) is 13.1. The van der Waals surface area contributed by atoms with Crippen molar-refractivity contribution in [1.82, 2.24) is 5.32 Å². The van der Waals surface area contributed by atoms with E-state index in [1.54, 1.807) is 23.9 Å². The first-order valence-electron chi connectivity index (χ1n) is 8.83. The molecule has 0 saturated carbocycles.